The first-order valence-electron chi connectivity index (χ1n) is 7.63. The van der Waals surface area contributed by atoms with Crippen molar-refractivity contribution in [3.05, 3.63) is 17.2 Å². The lowest BCUT2D eigenvalue weighted by Gasteiger charge is -2.18. The van der Waals surface area contributed by atoms with Gasteiger partial charge in [0, 0.05) is 26.3 Å². The Kier molecular flexibility index (Phi) is 7.10. The van der Waals surface area contributed by atoms with Crippen molar-refractivity contribution >= 4 is 23.9 Å². The molecule has 0 aliphatic carbocycles. The molecule has 0 aliphatic heterocycles. The van der Waals surface area contributed by atoms with E-state index in [1.165, 1.54) is 6.07 Å². The molecular weight excluding hydrogens is 332 g/mol. The average Bonchev–Trinajstić information content (AvgIpc) is 2.48. The number of ether oxygens (including phenoxy) is 4. The standard InChI is InChI=1S/C17H20O8/c1-6-12-13(17(21)22-7-2)8-14(23-9(3)18)16(25-11(5)20)15(12)24-10(4)19/h8H,6-7H2,1-5H3. The van der Waals surface area contributed by atoms with Crippen LogP contribution in [0.5, 0.6) is 17.2 Å². The lowest BCUT2D eigenvalue weighted by molar-refractivity contribution is -0.135. The minimum atomic E-state index is -0.715. The molecule has 0 fully saturated rings. The molecule has 0 aromatic heterocycles. The van der Waals surface area contributed by atoms with E-state index in [1.54, 1.807) is 13.8 Å². The minimum Gasteiger partial charge on any atom is -0.462 e. The van der Waals surface area contributed by atoms with Gasteiger partial charge in [-0.1, -0.05) is 6.92 Å². The van der Waals surface area contributed by atoms with E-state index in [4.69, 9.17) is 18.9 Å². The minimum absolute atomic E-state index is 0.0488. The number of carbonyl (C=O) groups excluding carboxylic acids is 4. The molecule has 8 heteroatoms. The summed E-state index contributed by atoms with van der Waals surface area (Å²) in [7, 11) is 0. The zero-order valence-electron chi connectivity index (χ0n) is 14.8. The summed E-state index contributed by atoms with van der Waals surface area (Å²) in [5, 5.41) is 0. The summed E-state index contributed by atoms with van der Waals surface area (Å²) in [4.78, 5) is 46.5. The van der Waals surface area contributed by atoms with E-state index in [9.17, 15) is 19.2 Å². The maximum absolute atomic E-state index is 12.2. The van der Waals surface area contributed by atoms with Gasteiger partial charge in [0.1, 0.15) is 0 Å². The quantitative estimate of drug-likeness (QED) is 0.567. The van der Waals surface area contributed by atoms with Crippen LogP contribution in [-0.2, 0) is 25.5 Å². The number of hydrogen-bond donors (Lipinski definition) is 0. The van der Waals surface area contributed by atoms with Gasteiger partial charge in [-0.25, -0.2) is 4.79 Å². The van der Waals surface area contributed by atoms with E-state index in [0.29, 0.717) is 5.56 Å². The van der Waals surface area contributed by atoms with Gasteiger partial charge >= 0.3 is 23.9 Å². The van der Waals surface area contributed by atoms with Gasteiger partial charge in [-0.05, 0) is 19.4 Å². The number of carbonyl (C=O) groups is 4. The summed E-state index contributed by atoms with van der Waals surface area (Å²) in [6, 6.07) is 1.23. The van der Waals surface area contributed by atoms with E-state index in [0.717, 1.165) is 20.8 Å². The molecule has 136 valence electrons. The first-order valence-corrected chi connectivity index (χ1v) is 7.63. The Balaban J connectivity index is 3.75. The van der Waals surface area contributed by atoms with Gasteiger partial charge in [0.05, 0.1) is 12.2 Å². The molecule has 0 aliphatic rings. The van der Waals surface area contributed by atoms with Crippen molar-refractivity contribution in [1.29, 1.82) is 0 Å². The lowest BCUT2D eigenvalue weighted by atomic mass is 10.0. The number of hydrogen-bond acceptors (Lipinski definition) is 8. The molecule has 0 radical (unpaired) electrons. The third-order valence-corrected chi connectivity index (χ3v) is 2.90. The molecule has 0 N–H and O–H groups in total. The SMILES string of the molecule is CCOC(=O)c1cc(OC(C)=O)c(OC(C)=O)c(OC(C)=O)c1CC. The van der Waals surface area contributed by atoms with Gasteiger partial charge in [-0.3, -0.25) is 14.4 Å². The fourth-order valence-electron chi connectivity index (χ4n) is 2.12. The van der Waals surface area contributed by atoms with Crippen LogP contribution in [0.25, 0.3) is 0 Å². The van der Waals surface area contributed by atoms with Crippen molar-refractivity contribution < 1.29 is 38.1 Å². The Labute approximate surface area is 145 Å². The highest BCUT2D eigenvalue weighted by Crippen LogP contribution is 2.43. The summed E-state index contributed by atoms with van der Waals surface area (Å²) in [5.41, 5.74) is 0.341. The largest absolute Gasteiger partial charge is 0.462 e. The fraction of sp³-hybridized carbons (Fsp3) is 0.412. The molecule has 1 aromatic carbocycles. The van der Waals surface area contributed by atoms with E-state index in [-0.39, 0.29) is 35.8 Å². The zero-order valence-corrected chi connectivity index (χ0v) is 14.8. The van der Waals surface area contributed by atoms with Crippen molar-refractivity contribution in [2.24, 2.45) is 0 Å². The van der Waals surface area contributed by atoms with Crippen molar-refractivity contribution in [2.45, 2.75) is 41.0 Å². The molecule has 0 bridgehead atoms. The third kappa shape index (κ3) is 5.30. The monoisotopic (exact) mass is 352 g/mol. The molecule has 0 spiro atoms. The van der Waals surface area contributed by atoms with E-state index >= 15 is 0 Å². The summed E-state index contributed by atoms with van der Waals surface area (Å²) in [6.07, 6.45) is 0.269. The first kappa shape index (κ1) is 20.1. The van der Waals surface area contributed by atoms with Crippen molar-refractivity contribution in [1.82, 2.24) is 0 Å². The maximum Gasteiger partial charge on any atom is 0.338 e. The maximum atomic E-state index is 12.2. The molecule has 25 heavy (non-hydrogen) atoms. The Morgan fingerprint density at radius 2 is 1.36 bits per heavy atom. The Hall–Kier alpha value is -2.90. The summed E-state index contributed by atoms with van der Waals surface area (Å²) in [5.74, 6) is -3.43. The van der Waals surface area contributed by atoms with E-state index in [1.807, 2.05) is 0 Å². The van der Waals surface area contributed by atoms with Crippen LogP contribution in [0.15, 0.2) is 6.07 Å². The number of rotatable bonds is 6. The van der Waals surface area contributed by atoms with Gasteiger partial charge in [0.15, 0.2) is 11.5 Å². The van der Waals surface area contributed by atoms with Crippen molar-refractivity contribution in [3.8, 4) is 17.2 Å². The highest BCUT2D eigenvalue weighted by molar-refractivity contribution is 5.94. The first-order chi connectivity index (χ1) is 11.7. The number of benzene rings is 1. The van der Waals surface area contributed by atoms with Crippen LogP contribution in [0.1, 0.15) is 50.5 Å². The molecule has 1 rings (SSSR count). The third-order valence-electron chi connectivity index (χ3n) is 2.90. The highest BCUT2D eigenvalue weighted by atomic mass is 16.6. The molecular formula is C17H20O8. The normalized spacial score (nSPS) is 9.96. The highest BCUT2D eigenvalue weighted by Gasteiger charge is 2.27. The van der Waals surface area contributed by atoms with Crippen LogP contribution in [0.4, 0.5) is 0 Å². The van der Waals surface area contributed by atoms with Gasteiger partial charge in [-0.15, -0.1) is 0 Å². The van der Waals surface area contributed by atoms with Crippen LogP contribution in [0.3, 0.4) is 0 Å². The van der Waals surface area contributed by atoms with Gasteiger partial charge in [0.25, 0.3) is 0 Å². The zero-order chi connectivity index (χ0) is 19.1. The van der Waals surface area contributed by atoms with Crippen LogP contribution in [0.2, 0.25) is 0 Å². The van der Waals surface area contributed by atoms with Gasteiger partial charge in [0.2, 0.25) is 5.75 Å². The molecule has 0 unspecified atom stereocenters. The summed E-state index contributed by atoms with van der Waals surface area (Å²) in [6.45, 7) is 6.91. The number of esters is 4. The summed E-state index contributed by atoms with van der Waals surface area (Å²) < 4.78 is 20.2. The molecule has 1 aromatic rings. The fourth-order valence-corrected chi connectivity index (χ4v) is 2.12. The van der Waals surface area contributed by atoms with Gasteiger partial charge in [-0.2, -0.15) is 0 Å². The summed E-state index contributed by atoms with van der Waals surface area (Å²) >= 11 is 0. The van der Waals surface area contributed by atoms with Crippen LogP contribution < -0.4 is 14.2 Å². The van der Waals surface area contributed by atoms with Crippen LogP contribution in [-0.4, -0.2) is 30.5 Å². The molecule has 0 amide bonds. The Bertz CT molecular complexity index is 705. The van der Waals surface area contributed by atoms with E-state index in [2.05, 4.69) is 0 Å². The van der Waals surface area contributed by atoms with Crippen molar-refractivity contribution in [3.63, 3.8) is 0 Å². The topological polar surface area (TPSA) is 105 Å². The smallest absolute Gasteiger partial charge is 0.338 e. The Morgan fingerprint density at radius 1 is 0.840 bits per heavy atom. The molecule has 0 saturated carbocycles. The second-order valence-corrected chi connectivity index (χ2v) is 4.91. The molecule has 0 saturated heterocycles. The predicted octanol–water partition coefficient (Wildman–Crippen LogP) is 2.20. The Morgan fingerprint density at radius 3 is 1.80 bits per heavy atom. The predicted molar refractivity (Wildman–Crippen MR) is 85.7 cm³/mol. The van der Waals surface area contributed by atoms with Gasteiger partial charge < -0.3 is 18.9 Å². The lowest BCUT2D eigenvalue weighted by Crippen LogP contribution is -2.16. The average molecular weight is 352 g/mol. The molecule has 0 atom stereocenters. The second kappa shape index (κ2) is 8.81. The van der Waals surface area contributed by atoms with Crippen molar-refractivity contribution in [2.75, 3.05) is 6.61 Å². The molecule has 0 heterocycles. The second-order valence-electron chi connectivity index (χ2n) is 4.91. The van der Waals surface area contributed by atoms with E-state index < -0.39 is 23.9 Å². The molecule has 8 nitrogen and oxygen atoms in total. The van der Waals surface area contributed by atoms with Crippen LogP contribution in [0, 0.1) is 0 Å². The van der Waals surface area contributed by atoms with Crippen LogP contribution >= 0.6 is 0 Å².